The van der Waals surface area contributed by atoms with Gasteiger partial charge in [0.05, 0.1) is 0 Å². The molecule has 1 atom stereocenters. The van der Waals surface area contributed by atoms with E-state index in [9.17, 15) is 0 Å². The molecule has 0 aliphatic heterocycles. The lowest BCUT2D eigenvalue weighted by molar-refractivity contribution is 0.139. The highest BCUT2D eigenvalue weighted by Gasteiger charge is 2.27. The van der Waals surface area contributed by atoms with Gasteiger partial charge < -0.3 is 18.6 Å². The minimum atomic E-state index is -4.17. The van der Waals surface area contributed by atoms with Crippen LogP contribution in [-0.4, -0.2) is 23.4 Å². The third-order valence-corrected chi connectivity index (χ3v) is 1.42. The lowest BCUT2D eigenvalue weighted by atomic mass is 15.7. The summed E-state index contributed by atoms with van der Waals surface area (Å²) in [6.07, 6.45) is 0. The van der Waals surface area contributed by atoms with Gasteiger partial charge in [-0.25, -0.2) is 0 Å². The molecule has 0 heterocycles. The van der Waals surface area contributed by atoms with Crippen LogP contribution >= 0.6 is 9.47 Å². The minimum Gasteiger partial charge on any atom is -0.367 e. The molecule has 4 nitrogen and oxygen atoms in total. The van der Waals surface area contributed by atoms with E-state index in [1.807, 2.05) is 0 Å². The Bertz CT molecular complexity index is 37.3. The Balaban J connectivity index is 3.17. The van der Waals surface area contributed by atoms with E-state index in [4.69, 9.17) is 14.4 Å². The summed E-state index contributed by atoms with van der Waals surface area (Å²) in [7, 11) is -2.63. The van der Waals surface area contributed by atoms with Crippen LogP contribution < -0.4 is 0 Å². The van der Waals surface area contributed by atoms with Gasteiger partial charge in [-0.3, -0.25) is 0 Å². The van der Waals surface area contributed by atoms with Crippen LogP contribution in [0.2, 0.25) is 0 Å². The second kappa shape index (κ2) is 1.97. The van der Waals surface area contributed by atoms with Crippen LogP contribution in [-0.2, 0) is 4.21 Å². The highest BCUT2D eigenvalue weighted by atomic mass is 31.0. The Hall–Kier alpha value is 0.487. The molecule has 38 valence electrons. The molecule has 0 aliphatic carbocycles. The average Bonchev–Trinajstić information content (AvgIpc) is 1.35. The maximum Gasteiger partial charge on any atom is 0.674 e. The van der Waals surface area contributed by atoms with Crippen molar-refractivity contribution in [3.63, 3.8) is 0 Å². The molecule has 1 unspecified atom stereocenters. The second-order valence-electron chi connectivity index (χ2n) is 0.692. The summed E-state index contributed by atoms with van der Waals surface area (Å²) in [5.74, 6) is 0. The Morgan fingerprint density at radius 3 is 1.50 bits per heavy atom. The molecule has 6 heavy (non-hydrogen) atoms. The van der Waals surface area contributed by atoms with E-state index in [1.54, 1.807) is 0 Å². The van der Waals surface area contributed by atoms with Gasteiger partial charge in [-0.15, -0.1) is 0 Å². The minimum absolute atomic E-state index is 1.54. The molecule has 0 aromatic carbocycles. The molecule has 0 radical (unpaired) electrons. The van der Waals surface area contributed by atoms with Crippen molar-refractivity contribution in [2.75, 3.05) is 0 Å². The fraction of sp³-hybridized carbons (Fsp3) is 0. The van der Waals surface area contributed by atoms with Crippen molar-refractivity contribution in [2.45, 2.75) is 0 Å². The highest BCUT2D eigenvalue weighted by Crippen LogP contribution is 1.93. The van der Waals surface area contributed by atoms with Gasteiger partial charge in [0, 0.05) is 0 Å². The molecular weight excluding hydrogens is 123 g/mol. The van der Waals surface area contributed by atoms with Crippen LogP contribution in [0.4, 0.5) is 0 Å². The molecule has 0 aromatic heterocycles. The van der Waals surface area contributed by atoms with E-state index >= 15 is 0 Å². The zero-order valence-electron chi connectivity index (χ0n) is 2.83. The average molecular weight is 128 g/mol. The van der Waals surface area contributed by atoms with Crippen molar-refractivity contribution in [1.29, 1.82) is 0 Å². The zero-order chi connectivity index (χ0) is 5.21. The van der Waals surface area contributed by atoms with Gasteiger partial charge in [-0.2, -0.15) is 0 Å². The van der Waals surface area contributed by atoms with Gasteiger partial charge in [0.15, 0.2) is 0 Å². The molecular formula is H5O4PSi. The maximum absolute atomic E-state index is 7.83. The highest BCUT2D eigenvalue weighted by molar-refractivity contribution is 7.12. The molecule has 0 saturated carbocycles. The lowest BCUT2D eigenvalue weighted by Gasteiger charge is -2.01. The number of hydrogen-bond donors (Lipinski definition) is 3. The van der Waals surface area contributed by atoms with E-state index in [1.165, 1.54) is 9.47 Å². The molecule has 0 fully saturated rings. The maximum atomic E-state index is 7.83. The van der Waals surface area contributed by atoms with Gasteiger partial charge in [0.1, 0.15) is 0 Å². The first-order chi connectivity index (χ1) is 2.56. The Kier molecular flexibility index (Phi) is 2.13. The van der Waals surface area contributed by atoms with Crippen molar-refractivity contribution in [3.05, 3.63) is 0 Å². The lowest BCUT2D eigenvalue weighted by Crippen LogP contribution is -2.35. The fourth-order valence-electron chi connectivity index (χ4n) is 0. The van der Waals surface area contributed by atoms with Crippen molar-refractivity contribution in [2.24, 2.45) is 0 Å². The van der Waals surface area contributed by atoms with Gasteiger partial charge in [-0.1, -0.05) is 0 Å². The summed E-state index contributed by atoms with van der Waals surface area (Å²) in [6, 6.07) is 0. The first-order valence-electron chi connectivity index (χ1n) is 1.11. The number of hydrogen-bond acceptors (Lipinski definition) is 4. The fourth-order valence-corrected chi connectivity index (χ4v) is 0. The molecule has 0 aliphatic rings. The van der Waals surface area contributed by atoms with E-state index < -0.39 is 9.05 Å². The molecule has 3 N–H and O–H groups in total. The second-order valence-corrected chi connectivity index (χ2v) is 2.78. The Labute approximate surface area is 38.2 Å². The molecule has 0 aromatic rings. The molecule has 0 bridgehead atoms. The zero-order valence-corrected chi connectivity index (χ0v) is 4.98. The molecule has 6 heteroatoms. The van der Waals surface area contributed by atoms with E-state index in [0.29, 0.717) is 0 Å². The molecule has 0 rings (SSSR count). The summed E-state index contributed by atoms with van der Waals surface area (Å²) in [5.41, 5.74) is 0. The summed E-state index contributed by atoms with van der Waals surface area (Å²) < 4.78 is 3.66. The predicted molar refractivity (Wildman–Crippen MR) is 23.2 cm³/mol. The number of rotatable bonds is 1. The first-order valence-corrected chi connectivity index (χ1v) is 3.33. The SMILES string of the molecule is O[Si](O)(O)OP. The largest absolute Gasteiger partial charge is 0.674 e. The van der Waals surface area contributed by atoms with E-state index in [2.05, 4.69) is 4.21 Å². The standard InChI is InChI=1S/H5O4PSi/c1-6(2,3)4-5/h1-3H,5H2. The Morgan fingerprint density at radius 2 is 1.50 bits per heavy atom. The third-order valence-electron chi connectivity index (χ3n) is 0.158. The van der Waals surface area contributed by atoms with E-state index in [0.717, 1.165) is 0 Å². The summed E-state index contributed by atoms with van der Waals surface area (Å²) >= 11 is 0. The smallest absolute Gasteiger partial charge is 0.367 e. The summed E-state index contributed by atoms with van der Waals surface area (Å²) in [6.45, 7) is 0. The third kappa shape index (κ3) is 4.49. The van der Waals surface area contributed by atoms with Gasteiger partial charge in [-0.05, 0) is 9.47 Å². The van der Waals surface area contributed by atoms with Crippen molar-refractivity contribution in [1.82, 2.24) is 0 Å². The normalized spacial score (nSPS) is 12.0. The molecule has 0 saturated heterocycles. The van der Waals surface area contributed by atoms with E-state index in [-0.39, 0.29) is 0 Å². The van der Waals surface area contributed by atoms with Crippen LogP contribution in [0, 0.1) is 0 Å². The molecule has 0 spiro atoms. The quantitative estimate of drug-likeness (QED) is 0.288. The van der Waals surface area contributed by atoms with Crippen molar-refractivity contribution < 1.29 is 18.6 Å². The Morgan fingerprint density at radius 1 is 1.33 bits per heavy atom. The van der Waals surface area contributed by atoms with Crippen LogP contribution in [0.25, 0.3) is 0 Å². The summed E-state index contributed by atoms with van der Waals surface area (Å²) in [4.78, 5) is 23.5. The first kappa shape index (κ1) is 6.49. The van der Waals surface area contributed by atoms with Crippen LogP contribution in [0.1, 0.15) is 0 Å². The van der Waals surface area contributed by atoms with Crippen LogP contribution in [0.3, 0.4) is 0 Å². The van der Waals surface area contributed by atoms with Crippen LogP contribution in [0.5, 0.6) is 0 Å². The van der Waals surface area contributed by atoms with Gasteiger partial charge in [0.2, 0.25) is 0 Å². The predicted octanol–water partition coefficient (Wildman–Crippen LogP) is -1.79. The monoisotopic (exact) mass is 128 g/mol. The van der Waals surface area contributed by atoms with Crippen molar-refractivity contribution in [3.8, 4) is 0 Å². The van der Waals surface area contributed by atoms with Crippen LogP contribution in [0.15, 0.2) is 0 Å². The molecule has 0 amide bonds. The summed E-state index contributed by atoms with van der Waals surface area (Å²) in [5, 5.41) is 0. The topological polar surface area (TPSA) is 69.9 Å². The van der Waals surface area contributed by atoms with Crippen molar-refractivity contribution >= 4 is 18.5 Å². The van der Waals surface area contributed by atoms with Gasteiger partial charge >= 0.3 is 9.05 Å². The van der Waals surface area contributed by atoms with Gasteiger partial charge in [0.25, 0.3) is 0 Å².